The fourth-order valence-electron chi connectivity index (χ4n) is 3.33. The molecule has 1 unspecified atom stereocenters. The van der Waals surface area contributed by atoms with Crippen LogP contribution >= 0.6 is 11.6 Å². The molecule has 150 valence electrons. The van der Waals surface area contributed by atoms with Crippen LogP contribution < -0.4 is 5.32 Å². The van der Waals surface area contributed by atoms with Gasteiger partial charge in [-0.1, -0.05) is 41.9 Å². The van der Waals surface area contributed by atoms with Gasteiger partial charge in [-0.15, -0.1) is 0 Å². The quantitative estimate of drug-likeness (QED) is 0.439. The fraction of sp³-hybridized carbons (Fsp3) is 0.238. The molecule has 0 radical (unpaired) electrons. The van der Waals surface area contributed by atoms with Crippen LogP contribution in [-0.2, 0) is 20.7 Å². The summed E-state index contributed by atoms with van der Waals surface area (Å²) < 4.78 is 5.44. The van der Waals surface area contributed by atoms with Gasteiger partial charge in [-0.2, -0.15) is 0 Å². The second-order valence-corrected chi connectivity index (χ2v) is 7.09. The first-order chi connectivity index (χ1) is 13.9. The normalized spacial score (nSPS) is 16.3. The molecule has 0 saturated heterocycles. The van der Waals surface area contributed by atoms with E-state index >= 15 is 0 Å². The molecule has 2 aromatic rings. The lowest BCUT2D eigenvalue weighted by atomic mass is 9.84. The van der Waals surface area contributed by atoms with Gasteiger partial charge in [-0.3, -0.25) is 14.9 Å². The molecule has 0 aliphatic carbocycles. The van der Waals surface area contributed by atoms with Gasteiger partial charge in [0, 0.05) is 41.6 Å². The van der Waals surface area contributed by atoms with Crippen LogP contribution in [0.2, 0.25) is 5.02 Å². The Morgan fingerprint density at radius 3 is 2.69 bits per heavy atom. The van der Waals surface area contributed by atoms with E-state index in [4.69, 9.17) is 16.3 Å². The average Bonchev–Trinajstić information content (AvgIpc) is 2.68. The van der Waals surface area contributed by atoms with Crippen molar-refractivity contribution in [1.29, 1.82) is 0 Å². The van der Waals surface area contributed by atoms with E-state index in [2.05, 4.69) is 5.32 Å². The fourth-order valence-corrected chi connectivity index (χ4v) is 3.58. The Kier molecular flexibility index (Phi) is 6.29. The predicted molar refractivity (Wildman–Crippen MR) is 107 cm³/mol. The van der Waals surface area contributed by atoms with Crippen LogP contribution in [0.15, 0.2) is 59.8 Å². The van der Waals surface area contributed by atoms with E-state index in [1.165, 1.54) is 18.2 Å². The summed E-state index contributed by atoms with van der Waals surface area (Å²) >= 11 is 6.26. The molecule has 7 nitrogen and oxygen atoms in total. The lowest BCUT2D eigenvalue weighted by Gasteiger charge is -2.27. The van der Waals surface area contributed by atoms with Crippen molar-refractivity contribution in [1.82, 2.24) is 5.32 Å². The molecule has 0 aromatic heterocycles. The number of carbonyl (C=O) groups excluding carboxylic acids is 2. The third-order valence-electron chi connectivity index (χ3n) is 4.72. The number of benzene rings is 2. The standard InChI is InChI=1S/C21H19ClN2O5/c1-13-20(21(26)29-10-9-14-5-3-2-4-6-14)17(12-19(25)23-13)16-11-15(24(27)28)7-8-18(16)22/h2-8,11,17H,9-10,12H2,1H3,(H,23,25). The van der Waals surface area contributed by atoms with Crippen LogP contribution in [0.3, 0.4) is 0 Å². The first-order valence-corrected chi connectivity index (χ1v) is 9.40. The highest BCUT2D eigenvalue weighted by Gasteiger charge is 2.34. The second kappa shape index (κ2) is 8.87. The van der Waals surface area contributed by atoms with Crippen molar-refractivity contribution < 1.29 is 19.2 Å². The molecular weight excluding hydrogens is 396 g/mol. The molecule has 0 saturated carbocycles. The average molecular weight is 415 g/mol. The summed E-state index contributed by atoms with van der Waals surface area (Å²) in [6, 6.07) is 13.6. The summed E-state index contributed by atoms with van der Waals surface area (Å²) in [6.07, 6.45) is 0.495. The van der Waals surface area contributed by atoms with Gasteiger partial charge in [0.1, 0.15) is 0 Å². The van der Waals surface area contributed by atoms with Gasteiger partial charge in [0.25, 0.3) is 5.69 Å². The van der Waals surface area contributed by atoms with Crippen LogP contribution in [0.4, 0.5) is 5.69 Å². The Hall–Kier alpha value is -3.19. The Morgan fingerprint density at radius 1 is 1.28 bits per heavy atom. The number of esters is 1. The summed E-state index contributed by atoms with van der Waals surface area (Å²) in [6.45, 7) is 1.77. The largest absolute Gasteiger partial charge is 0.462 e. The van der Waals surface area contributed by atoms with Crippen LogP contribution in [0.5, 0.6) is 0 Å². The van der Waals surface area contributed by atoms with Crippen molar-refractivity contribution in [3.63, 3.8) is 0 Å². The molecule has 29 heavy (non-hydrogen) atoms. The Bertz CT molecular complexity index is 988. The number of allylic oxidation sites excluding steroid dienone is 1. The number of nitro benzene ring substituents is 1. The van der Waals surface area contributed by atoms with E-state index in [1.807, 2.05) is 30.3 Å². The van der Waals surface area contributed by atoms with Crippen LogP contribution in [0.25, 0.3) is 0 Å². The van der Waals surface area contributed by atoms with E-state index in [9.17, 15) is 19.7 Å². The summed E-state index contributed by atoms with van der Waals surface area (Å²) in [5.41, 5.74) is 1.83. The Balaban J connectivity index is 1.85. The number of nitrogens with one attached hydrogen (secondary N) is 1. The molecule has 2 aromatic carbocycles. The second-order valence-electron chi connectivity index (χ2n) is 6.68. The van der Waals surface area contributed by atoms with Gasteiger partial charge < -0.3 is 10.1 Å². The smallest absolute Gasteiger partial charge is 0.336 e. The monoisotopic (exact) mass is 414 g/mol. The molecule has 1 amide bonds. The number of halogens is 1. The molecule has 3 rings (SSSR count). The maximum atomic E-state index is 12.8. The van der Waals surface area contributed by atoms with Crippen LogP contribution in [-0.4, -0.2) is 23.4 Å². The molecule has 0 fully saturated rings. The first-order valence-electron chi connectivity index (χ1n) is 9.02. The maximum Gasteiger partial charge on any atom is 0.336 e. The van der Waals surface area contributed by atoms with E-state index in [0.29, 0.717) is 17.7 Å². The van der Waals surface area contributed by atoms with Crippen molar-refractivity contribution in [2.45, 2.75) is 25.7 Å². The predicted octanol–water partition coefficient (Wildman–Crippen LogP) is 3.91. The molecular formula is C21H19ClN2O5. The van der Waals surface area contributed by atoms with Gasteiger partial charge in [0.05, 0.1) is 17.1 Å². The van der Waals surface area contributed by atoms with Gasteiger partial charge >= 0.3 is 5.97 Å². The van der Waals surface area contributed by atoms with Gasteiger partial charge in [-0.25, -0.2) is 4.79 Å². The van der Waals surface area contributed by atoms with Crippen molar-refractivity contribution in [3.8, 4) is 0 Å². The van der Waals surface area contributed by atoms with Crippen LogP contribution in [0.1, 0.15) is 30.4 Å². The Morgan fingerprint density at radius 2 is 2.00 bits per heavy atom. The SMILES string of the molecule is CC1=C(C(=O)OCCc2ccccc2)C(c2cc([N+](=O)[O-])ccc2Cl)CC(=O)N1. The minimum atomic E-state index is -0.722. The zero-order chi connectivity index (χ0) is 21.0. The topological polar surface area (TPSA) is 98.5 Å². The third kappa shape index (κ3) is 4.81. The lowest BCUT2D eigenvalue weighted by molar-refractivity contribution is -0.384. The van der Waals surface area contributed by atoms with Gasteiger partial charge in [-0.05, 0) is 24.1 Å². The molecule has 1 heterocycles. The summed E-state index contributed by atoms with van der Waals surface area (Å²) in [5, 5.41) is 14.0. The number of non-ortho nitro benzene ring substituents is 1. The molecule has 1 atom stereocenters. The number of carbonyl (C=O) groups is 2. The Labute approximate surface area is 172 Å². The van der Waals surface area contributed by atoms with E-state index in [1.54, 1.807) is 6.92 Å². The van der Waals surface area contributed by atoms with Crippen molar-refractivity contribution >= 4 is 29.2 Å². The van der Waals surface area contributed by atoms with E-state index in [-0.39, 0.29) is 35.2 Å². The van der Waals surface area contributed by atoms with E-state index < -0.39 is 16.8 Å². The number of amides is 1. The minimum Gasteiger partial charge on any atom is -0.462 e. The molecule has 8 heteroatoms. The molecule has 1 aliphatic heterocycles. The minimum absolute atomic E-state index is 0.0542. The van der Waals surface area contributed by atoms with Gasteiger partial charge in [0.2, 0.25) is 5.91 Å². The third-order valence-corrected chi connectivity index (χ3v) is 5.07. The van der Waals surface area contributed by atoms with Crippen molar-refractivity contribution in [2.24, 2.45) is 0 Å². The number of hydrogen-bond acceptors (Lipinski definition) is 5. The molecule has 1 N–H and O–H groups in total. The zero-order valence-electron chi connectivity index (χ0n) is 15.7. The summed E-state index contributed by atoms with van der Waals surface area (Å²) in [4.78, 5) is 35.5. The highest BCUT2D eigenvalue weighted by molar-refractivity contribution is 6.31. The molecule has 0 spiro atoms. The number of rotatable bonds is 6. The van der Waals surface area contributed by atoms with Crippen molar-refractivity contribution in [2.75, 3.05) is 6.61 Å². The van der Waals surface area contributed by atoms with E-state index in [0.717, 1.165) is 5.56 Å². The molecule has 0 bridgehead atoms. The highest BCUT2D eigenvalue weighted by atomic mass is 35.5. The summed E-state index contributed by atoms with van der Waals surface area (Å²) in [5.74, 6) is -1.60. The number of hydrogen-bond donors (Lipinski definition) is 1. The van der Waals surface area contributed by atoms with Crippen molar-refractivity contribution in [3.05, 3.63) is 86.1 Å². The number of nitro groups is 1. The first kappa shape index (κ1) is 20.5. The lowest BCUT2D eigenvalue weighted by Crippen LogP contribution is -2.34. The number of ether oxygens (including phenoxy) is 1. The number of nitrogens with zero attached hydrogens (tertiary/aromatic N) is 1. The van der Waals surface area contributed by atoms with Crippen LogP contribution in [0, 0.1) is 10.1 Å². The summed E-state index contributed by atoms with van der Waals surface area (Å²) in [7, 11) is 0. The highest BCUT2D eigenvalue weighted by Crippen LogP contribution is 2.38. The maximum absolute atomic E-state index is 12.8. The zero-order valence-corrected chi connectivity index (χ0v) is 16.4. The van der Waals surface area contributed by atoms with Gasteiger partial charge in [0.15, 0.2) is 0 Å². The molecule has 1 aliphatic rings.